The molecule has 0 bridgehead atoms. The summed E-state index contributed by atoms with van der Waals surface area (Å²) in [6, 6.07) is 0. The Hall–Kier alpha value is -0.790. The van der Waals surface area contributed by atoms with E-state index in [9.17, 15) is 0 Å². The van der Waals surface area contributed by atoms with E-state index in [0.717, 1.165) is 18.0 Å². The SMILES string of the molecule is C=N/C(=C\N)C(C)(C)CC(C)(C)C(CCC)CCC. The van der Waals surface area contributed by atoms with Crippen LogP contribution in [0.1, 0.15) is 73.6 Å². The molecule has 0 aliphatic heterocycles. The first kappa shape index (κ1) is 18.2. The minimum atomic E-state index is -0.0142. The lowest BCUT2D eigenvalue weighted by atomic mass is 9.65. The van der Waals surface area contributed by atoms with Gasteiger partial charge in [0.05, 0.1) is 5.70 Å². The van der Waals surface area contributed by atoms with Gasteiger partial charge in [-0.3, -0.25) is 4.99 Å². The molecule has 0 amide bonds. The molecular weight excluding hydrogens is 232 g/mol. The predicted octanol–water partition coefficient (Wildman–Crippen LogP) is 5.15. The maximum Gasteiger partial charge on any atom is 0.0606 e. The van der Waals surface area contributed by atoms with Gasteiger partial charge < -0.3 is 5.73 Å². The van der Waals surface area contributed by atoms with Crippen molar-refractivity contribution in [2.75, 3.05) is 0 Å². The summed E-state index contributed by atoms with van der Waals surface area (Å²) in [5.74, 6) is 0.769. The van der Waals surface area contributed by atoms with Crippen LogP contribution < -0.4 is 5.73 Å². The lowest BCUT2D eigenvalue weighted by Gasteiger charge is -2.41. The summed E-state index contributed by atoms with van der Waals surface area (Å²) in [7, 11) is 0. The van der Waals surface area contributed by atoms with E-state index in [2.05, 4.69) is 53.3 Å². The number of rotatable bonds is 9. The Morgan fingerprint density at radius 3 is 1.95 bits per heavy atom. The maximum absolute atomic E-state index is 5.69. The van der Waals surface area contributed by atoms with E-state index in [-0.39, 0.29) is 5.41 Å². The molecule has 0 rings (SSSR count). The number of aliphatic imine (C=N–C) groups is 1. The molecule has 2 heteroatoms. The molecule has 112 valence electrons. The van der Waals surface area contributed by atoms with Crippen molar-refractivity contribution in [2.24, 2.45) is 27.5 Å². The molecule has 0 atom stereocenters. The summed E-state index contributed by atoms with van der Waals surface area (Å²) >= 11 is 0. The predicted molar refractivity (Wildman–Crippen MR) is 87.3 cm³/mol. The molecule has 19 heavy (non-hydrogen) atoms. The Morgan fingerprint density at radius 1 is 1.16 bits per heavy atom. The molecule has 0 saturated carbocycles. The molecule has 0 aromatic heterocycles. The van der Waals surface area contributed by atoms with Gasteiger partial charge in [-0.25, -0.2) is 0 Å². The van der Waals surface area contributed by atoms with Crippen LogP contribution in [-0.2, 0) is 0 Å². The first-order valence-electron chi connectivity index (χ1n) is 7.64. The minimum Gasteiger partial charge on any atom is -0.403 e. The van der Waals surface area contributed by atoms with Gasteiger partial charge >= 0.3 is 0 Å². The average molecular weight is 266 g/mol. The Labute approximate surface area is 120 Å². The average Bonchev–Trinajstić information content (AvgIpc) is 2.28. The van der Waals surface area contributed by atoms with Crippen LogP contribution in [0.5, 0.6) is 0 Å². The van der Waals surface area contributed by atoms with E-state index in [1.807, 2.05) is 0 Å². The van der Waals surface area contributed by atoms with Crippen molar-refractivity contribution in [1.29, 1.82) is 0 Å². The summed E-state index contributed by atoms with van der Waals surface area (Å²) in [6.45, 7) is 17.4. The van der Waals surface area contributed by atoms with Crippen LogP contribution in [0.15, 0.2) is 16.9 Å². The van der Waals surface area contributed by atoms with E-state index in [1.165, 1.54) is 25.7 Å². The third-order valence-corrected chi connectivity index (χ3v) is 4.30. The van der Waals surface area contributed by atoms with Gasteiger partial charge in [0.2, 0.25) is 0 Å². The number of nitrogens with two attached hydrogens (primary N) is 1. The summed E-state index contributed by atoms with van der Waals surface area (Å²) < 4.78 is 0. The van der Waals surface area contributed by atoms with Crippen molar-refractivity contribution in [3.8, 4) is 0 Å². The molecule has 0 aliphatic carbocycles. The molecule has 0 fully saturated rings. The van der Waals surface area contributed by atoms with Crippen LogP contribution >= 0.6 is 0 Å². The van der Waals surface area contributed by atoms with E-state index in [0.29, 0.717) is 5.41 Å². The normalized spacial score (nSPS) is 13.9. The zero-order chi connectivity index (χ0) is 15.1. The first-order chi connectivity index (χ1) is 8.75. The maximum atomic E-state index is 5.69. The molecule has 2 N–H and O–H groups in total. The van der Waals surface area contributed by atoms with E-state index < -0.39 is 0 Å². The highest BCUT2D eigenvalue weighted by Gasteiger charge is 2.36. The highest BCUT2D eigenvalue weighted by Crippen LogP contribution is 2.45. The van der Waals surface area contributed by atoms with Crippen LogP contribution in [0.2, 0.25) is 0 Å². The molecular formula is C17H34N2. The Kier molecular flexibility index (Phi) is 7.39. The zero-order valence-electron chi connectivity index (χ0n) is 13.9. The summed E-state index contributed by atoms with van der Waals surface area (Å²) in [5, 5.41) is 0. The number of hydrogen-bond acceptors (Lipinski definition) is 2. The van der Waals surface area contributed by atoms with Crippen molar-refractivity contribution < 1.29 is 0 Å². The molecule has 0 heterocycles. The standard InChI is InChI=1S/C17H34N2/c1-8-10-14(11-9-2)16(3,4)13-17(5,6)15(12-18)19-7/h12,14H,7-11,13,18H2,1-6H3/b15-12-. The smallest absolute Gasteiger partial charge is 0.0606 e. The van der Waals surface area contributed by atoms with Gasteiger partial charge in [-0.1, -0.05) is 67.2 Å². The molecule has 0 spiro atoms. The number of nitrogens with zero attached hydrogens (tertiary/aromatic N) is 1. The lowest BCUT2D eigenvalue weighted by Crippen LogP contribution is -2.31. The summed E-state index contributed by atoms with van der Waals surface area (Å²) in [4.78, 5) is 4.10. The van der Waals surface area contributed by atoms with Gasteiger partial charge in [0.25, 0.3) is 0 Å². The minimum absolute atomic E-state index is 0.0142. The highest BCUT2D eigenvalue weighted by molar-refractivity contribution is 5.30. The van der Waals surface area contributed by atoms with Gasteiger partial charge in [-0.05, 0) is 24.5 Å². The zero-order valence-corrected chi connectivity index (χ0v) is 13.9. The largest absolute Gasteiger partial charge is 0.403 e. The quantitative estimate of drug-likeness (QED) is 0.576. The number of allylic oxidation sites excluding steroid dienone is 1. The molecule has 2 nitrogen and oxygen atoms in total. The van der Waals surface area contributed by atoms with Gasteiger partial charge in [-0.2, -0.15) is 0 Å². The molecule has 0 aromatic carbocycles. The van der Waals surface area contributed by atoms with Gasteiger partial charge in [-0.15, -0.1) is 0 Å². The molecule has 0 aliphatic rings. The third-order valence-electron chi connectivity index (χ3n) is 4.30. The number of hydrogen-bond donors (Lipinski definition) is 1. The molecule has 0 unspecified atom stereocenters. The lowest BCUT2D eigenvalue weighted by molar-refractivity contribution is 0.121. The van der Waals surface area contributed by atoms with Gasteiger partial charge in [0.15, 0.2) is 0 Å². The van der Waals surface area contributed by atoms with Gasteiger partial charge in [0, 0.05) is 11.6 Å². The second kappa shape index (κ2) is 7.72. The van der Waals surface area contributed by atoms with E-state index in [1.54, 1.807) is 6.20 Å². The second-order valence-corrected chi connectivity index (χ2v) is 7.03. The van der Waals surface area contributed by atoms with Crippen LogP contribution in [-0.4, -0.2) is 6.72 Å². The Morgan fingerprint density at radius 2 is 1.63 bits per heavy atom. The topological polar surface area (TPSA) is 38.4 Å². The fourth-order valence-corrected chi connectivity index (χ4v) is 3.49. The molecule has 0 saturated heterocycles. The Bertz CT molecular complexity index is 294. The third kappa shape index (κ3) is 5.38. The monoisotopic (exact) mass is 266 g/mol. The highest BCUT2D eigenvalue weighted by atomic mass is 14.8. The van der Waals surface area contributed by atoms with E-state index in [4.69, 9.17) is 5.73 Å². The Balaban J connectivity index is 5.03. The molecule has 0 radical (unpaired) electrons. The van der Waals surface area contributed by atoms with Crippen LogP contribution in [0.25, 0.3) is 0 Å². The first-order valence-corrected chi connectivity index (χ1v) is 7.64. The van der Waals surface area contributed by atoms with Crippen LogP contribution in [0.4, 0.5) is 0 Å². The van der Waals surface area contributed by atoms with Crippen LogP contribution in [0, 0.1) is 16.7 Å². The summed E-state index contributed by atoms with van der Waals surface area (Å²) in [5.41, 5.74) is 6.88. The van der Waals surface area contributed by atoms with Crippen molar-refractivity contribution >= 4 is 6.72 Å². The van der Waals surface area contributed by atoms with Crippen molar-refractivity contribution in [2.45, 2.75) is 73.6 Å². The van der Waals surface area contributed by atoms with Crippen molar-refractivity contribution in [1.82, 2.24) is 0 Å². The fourth-order valence-electron chi connectivity index (χ4n) is 3.49. The molecule has 0 aromatic rings. The fraction of sp³-hybridized carbons (Fsp3) is 0.824. The van der Waals surface area contributed by atoms with Gasteiger partial charge in [0.1, 0.15) is 0 Å². The van der Waals surface area contributed by atoms with Crippen molar-refractivity contribution in [3.63, 3.8) is 0 Å². The van der Waals surface area contributed by atoms with Crippen molar-refractivity contribution in [3.05, 3.63) is 11.9 Å². The van der Waals surface area contributed by atoms with E-state index >= 15 is 0 Å². The summed E-state index contributed by atoms with van der Waals surface area (Å²) in [6.07, 6.45) is 7.83. The van der Waals surface area contributed by atoms with Crippen LogP contribution in [0.3, 0.4) is 0 Å². The second-order valence-electron chi connectivity index (χ2n) is 7.03.